The van der Waals surface area contributed by atoms with Crippen molar-refractivity contribution >= 4 is 5.97 Å². The van der Waals surface area contributed by atoms with Gasteiger partial charge in [0.05, 0.1) is 19.3 Å². The van der Waals surface area contributed by atoms with Crippen LogP contribution in [0, 0.1) is 5.82 Å². The zero-order valence-electron chi connectivity index (χ0n) is 11.2. The van der Waals surface area contributed by atoms with Crippen LogP contribution >= 0.6 is 0 Å². The standard InChI is InChI=1S/C14H17FO4/c1-4-17-11-7-6-8-12(14(11)15)19-10(3)9-13(16)18-5-2/h6-9H,4-5H2,1-3H3/b10-9+. The molecule has 4 nitrogen and oxygen atoms in total. The van der Waals surface area contributed by atoms with E-state index in [1.807, 2.05) is 0 Å². The molecule has 0 saturated carbocycles. The minimum atomic E-state index is -0.596. The Bertz CT molecular complexity index is 469. The third-order valence-corrected chi connectivity index (χ3v) is 2.11. The zero-order valence-corrected chi connectivity index (χ0v) is 11.2. The molecule has 0 radical (unpaired) electrons. The van der Waals surface area contributed by atoms with Gasteiger partial charge in [0.2, 0.25) is 5.82 Å². The van der Waals surface area contributed by atoms with Crippen molar-refractivity contribution < 1.29 is 23.4 Å². The third-order valence-electron chi connectivity index (χ3n) is 2.11. The van der Waals surface area contributed by atoms with Crippen molar-refractivity contribution in [3.8, 4) is 11.5 Å². The maximum Gasteiger partial charge on any atom is 0.334 e. The van der Waals surface area contributed by atoms with Crippen LogP contribution in [-0.4, -0.2) is 19.2 Å². The van der Waals surface area contributed by atoms with E-state index in [4.69, 9.17) is 14.2 Å². The summed E-state index contributed by atoms with van der Waals surface area (Å²) in [5.41, 5.74) is 0. The van der Waals surface area contributed by atoms with Crippen molar-refractivity contribution in [2.45, 2.75) is 20.8 Å². The predicted molar refractivity (Wildman–Crippen MR) is 68.6 cm³/mol. The van der Waals surface area contributed by atoms with Gasteiger partial charge in [0.1, 0.15) is 5.76 Å². The Morgan fingerprint density at radius 2 is 1.95 bits per heavy atom. The molecule has 1 rings (SSSR count). The highest BCUT2D eigenvalue weighted by Gasteiger charge is 2.11. The lowest BCUT2D eigenvalue weighted by Gasteiger charge is -2.10. The van der Waals surface area contributed by atoms with Gasteiger partial charge in [-0.3, -0.25) is 0 Å². The summed E-state index contributed by atoms with van der Waals surface area (Å²) in [5, 5.41) is 0. The highest BCUT2D eigenvalue weighted by molar-refractivity contribution is 5.82. The number of benzene rings is 1. The van der Waals surface area contributed by atoms with E-state index < -0.39 is 11.8 Å². The van der Waals surface area contributed by atoms with Crippen molar-refractivity contribution in [3.63, 3.8) is 0 Å². The number of allylic oxidation sites excluding steroid dienone is 1. The Morgan fingerprint density at radius 3 is 2.58 bits per heavy atom. The molecule has 5 heteroatoms. The molecule has 0 amide bonds. The summed E-state index contributed by atoms with van der Waals surface area (Å²) in [5.74, 6) is -0.763. The lowest BCUT2D eigenvalue weighted by Crippen LogP contribution is -2.04. The van der Waals surface area contributed by atoms with Gasteiger partial charge in [-0.25, -0.2) is 4.79 Å². The molecule has 0 saturated heterocycles. The molecule has 0 fully saturated rings. The number of rotatable bonds is 6. The average Bonchev–Trinajstić information content (AvgIpc) is 2.34. The van der Waals surface area contributed by atoms with Gasteiger partial charge in [-0.05, 0) is 32.9 Å². The fraction of sp³-hybridized carbons (Fsp3) is 0.357. The van der Waals surface area contributed by atoms with Crippen molar-refractivity contribution in [1.82, 2.24) is 0 Å². The van der Waals surface area contributed by atoms with Crippen molar-refractivity contribution in [1.29, 1.82) is 0 Å². The predicted octanol–water partition coefficient (Wildman–Crippen LogP) is 3.07. The summed E-state index contributed by atoms with van der Waals surface area (Å²) in [7, 11) is 0. The number of hydrogen-bond acceptors (Lipinski definition) is 4. The molecule has 0 aromatic heterocycles. The number of esters is 1. The molecule has 0 aliphatic rings. The highest BCUT2D eigenvalue weighted by atomic mass is 19.1. The molecule has 0 heterocycles. The average molecular weight is 268 g/mol. The highest BCUT2D eigenvalue weighted by Crippen LogP contribution is 2.27. The fourth-order valence-corrected chi connectivity index (χ4v) is 1.39. The van der Waals surface area contributed by atoms with Crippen LogP contribution in [0.25, 0.3) is 0 Å². The van der Waals surface area contributed by atoms with E-state index in [1.165, 1.54) is 12.1 Å². The first kappa shape index (κ1) is 15.0. The molecule has 19 heavy (non-hydrogen) atoms. The summed E-state index contributed by atoms with van der Waals surface area (Å²) in [4.78, 5) is 11.2. The molecule has 104 valence electrons. The quantitative estimate of drug-likeness (QED) is 0.452. The van der Waals surface area contributed by atoms with E-state index >= 15 is 0 Å². The van der Waals surface area contributed by atoms with Gasteiger partial charge in [-0.15, -0.1) is 0 Å². The minimum absolute atomic E-state index is 0.00370. The van der Waals surface area contributed by atoms with E-state index in [1.54, 1.807) is 26.8 Å². The minimum Gasteiger partial charge on any atom is -0.491 e. The number of halogens is 1. The Balaban J connectivity index is 2.82. The topological polar surface area (TPSA) is 44.8 Å². The lowest BCUT2D eigenvalue weighted by atomic mass is 10.3. The van der Waals surface area contributed by atoms with Gasteiger partial charge in [-0.2, -0.15) is 4.39 Å². The Morgan fingerprint density at radius 1 is 1.26 bits per heavy atom. The first-order valence-electron chi connectivity index (χ1n) is 6.02. The summed E-state index contributed by atoms with van der Waals surface area (Å²) in [6.07, 6.45) is 1.16. The van der Waals surface area contributed by atoms with Gasteiger partial charge in [-0.1, -0.05) is 6.07 Å². The van der Waals surface area contributed by atoms with E-state index in [0.29, 0.717) is 6.61 Å². The molecule has 0 atom stereocenters. The molecule has 0 aliphatic carbocycles. The molecule has 0 spiro atoms. The Hall–Kier alpha value is -2.04. The van der Waals surface area contributed by atoms with E-state index in [-0.39, 0.29) is 23.9 Å². The summed E-state index contributed by atoms with van der Waals surface area (Å²) in [6.45, 7) is 5.64. The normalized spacial score (nSPS) is 11.1. The summed E-state index contributed by atoms with van der Waals surface area (Å²) in [6, 6.07) is 4.58. The van der Waals surface area contributed by atoms with Gasteiger partial charge in [0.15, 0.2) is 11.5 Å². The van der Waals surface area contributed by atoms with Crippen LogP contribution in [0.15, 0.2) is 30.0 Å². The van der Waals surface area contributed by atoms with Crippen molar-refractivity contribution in [2.24, 2.45) is 0 Å². The first-order valence-corrected chi connectivity index (χ1v) is 6.02. The van der Waals surface area contributed by atoms with Crippen LogP contribution in [0.3, 0.4) is 0 Å². The number of ether oxygens (including phenoxy) is 3. The SMILES string of the molecule is CCOC(=O)/C=C(\C)Oc1cccc(OCC)c1F. The second-order valence-electron chi connectivity index (χ2n) is 3.61. The second-order valence-corrected chi connectivity index (χ2v) is 3.61. The van der Waals surface area contributed by atoms with E-state index in [0.717, 1.165) is 6.08 Å². The van der Waals surface area contributed by atoms with E-state index in [2.05, 4.69) is 0 Å². The maximum absolute atomic E-state index is 13.9. The van der Waals surface area contributed by atoms with E-state index in [9.17, 15) is 9.18 Å². The van der Waals surface area contributed by atoms with Crippen LogP contribution < -0.4 is 9.47 Å². The van der Waals surface area contributed by atoms with Crippen LogP contribution in [0.4, 0.5) is 4.39 Å². The van der Waals surface area contributed by atoms with Gasteiger partial charge in [0, 0.05) is 0 Å². The number of carbonyl (C=O) groups excluding carboxylic acids is 1. The molecular formula is C14H17FO4. The Kier molecular flexibility index (Phi) is 5.85. The van der Waals surface area contributed by atoms with Crippen molar-refractivity contribution in [2.75, 3.05) is 13.2 Å². The second kappa shape index (κ2) is 7.41. The first-order chi connectivity index (χ1) is 9.08. The van der Waals surface area contributed by atoms with Gasteiger partial charge < -0.3 is 14.2 Å². The third kappa shape index (κ3) is 4.62. The molecule has 1 aromatic rings. The zero-order chi connectivity index (χ0) is 14.3. The molecule has 0 unspecified atom stereocenters. The maximum atomic E-state index is 13.9. The molecule has 1 aromatic carbocycles. The largest absolute Gasteiger partial charge is 0.491 e. The van der Waals surface area contributed by atoms with Crippen molar-refractivity contribution in [3.05, 3.63) is 35.9 Å². The van der Waals surface area contributed by atoms with Crippen LogP contribution in [-0.2, 0) is 9.53 Å². The molecule has 0 N–H and O–H groups in total. The van der Waals surface area contributed by atoms with Crippen LogP contribution in [0.2, 0.25) is 0 Å². The van der Waals surface area contributed by atoms with Gasteiger partial charge >= 0.3 is 5.97 Å². The summed E-state index contributed by atoms with van der Waals surface area (Å²) >= 11 is 0. The van der Waals surface area contributed by atoms with Gasteiger partial charge in [0.25, 0.3) is 0 Å². The fourth-order valence-electron chi connectivity index (χ4n) is 1.39. The Labute approximate surface area is 111 Å². The van der Waals surface area contributed by atoms with Crippen LogP contribution in [0.5, 0.6) is 11.5 Å². The lowest BCUT2D eigenvalue weighted by molar-refractivity contribution is -0.137. The number of carbonyl (C=O) groups is 1. The van der Waals surface area contributed by atoms with Crippen LogP contribution in [0.1, 0.15) is 20.8 Å². The smallest absolute Gasteiger partial charge is 0.334 e. The molecule has 0 aliphatic heterocycles. The summed E-state index contributed by atoms with van der Waals surface area (Å²) < 4.78 is 29.0. The number of hydrogen-bond donors (Lipinski definition) is 0. The molecule has 0 bridgehead atoms. The monoisotopic (exact) mass is 268 g/mol. The molecular weight excluding hydrogens is 251 g/mol.